The van der Waals surface area contributed by atoms with Gasteiger partial charge < -0.3 is 0 Å². The highest BCUT2D eigenvalue weighted by Crippen LogP contribution is 2.44. The monoisotopic (exact) mass is 283 g/mol. The molecule has 1 aromatic carbocycles. The van der Waals surface area contributed by atoms with Crippen molar-refractivity contribution in [2.45, 2.75) is 76.0 Å². The summed E-state index contributed by atoms with van der Waals surface area (Å²) in [7, 11) is 0. The molecule has 0 unspecified atom stereocenters. The van der Waals surface area contributed by atoms with Gasteiger partial charge in [0.25, 0.3) is 0 Å². The van der Waals surface area contributed by atoms with Gasteiger partial charge in [0.05, 0.1) is 0 Å². The Morgan fingerprint density at radius 3 is 1.71 bits per heavy atom. The highest BCUT2D eigenvalue weighted by atomic mass is 15.1. The topological polar surface area (TPSA) is 48.8 Å². The van der Waals surface area contributed by atoms with Crippen molar-refractivity contribution < 1.29 is 0 Å². The van der Waals surface area contributed by atoms with Gasteiger partial charge >= 0.3 is 0 Å². The number of hydrogen-bond donors (Lipinski definition) is 0. The Labute approximate surface area is 127 Å². The second-order valence-electron chi connectivity index (χ2n) is 6.64. The summed E-state index contributed by atoms with van der Waals surface area (Å²) in [5.74, 6) is 1.20. The maximum Gasteiger partial charge on any atom is 0.0445 e. The smallest absolute Gasteiger partial charge is 0.0445 e. The van der Waals surface area contributed by atoms with E-state index in [2.05, 4.69) is 28.2 Å². The minimum absolute atomic E-state index is 0.600. The molecular weight excluding hydrogens is 258 g/mol. The lowest BCUT2D eigenvalue weighted by Crippen LogP contribution is -2.08. The van der Waals surface area contributed by atoms with Crippen LogP contribution in [-0.2, 0) is 0 Å². The second-order valence-corrected chi connectivity index (χ2v) is 6.64. The van der Waals surface area contributed by atoms with Gasteiger partial charge in [-0.2, -0.15) is 0 Å². The van der Waals surface area contributed by atoms with E-state index in [0.717, 1.165) is 5.69 Å². The van der Waals surface area contributed by atoms with Crippen LogP contribution < -0.4 is 0 Å². The van der Waals surface area contributed by atoms with Crippen LogP contribution >= 0.6 is 0 Å². The molecule has 0 amide bonds. The number of hydrogen-bond acceptors (Lipinski definition) is 1. The van der Waals surface area contributed by atoms with Crippen molar-refractivity contribution in [2.75, 3.05) is 0 Å². The van der Waals surface area contributed by atoms with Crippen LogP contribution in [0.3, 0.4) is 0 Å². The molecule has 0 N–H and O–H groups in total. The molecule has 3 nitrogen and oxygen atoms in total. The van der Waals surface area contributed by atoms with Gasteiger partial charge in [-0.1, -0.05) is 61.8 Å². The summed E-state index contributed by atoms with van der Waals surface area (Å²) in [5.41, 5.74) is 12.6. The molecule has 0 heterocycles. The predicted octanol–water partition coefficient (Wildman–Crippen LogP) is 6.72. The summed E-state index contributed by atoms with van der Waals surface area (Å²) in [6.45, 7) is 0. The van der Waals surface area contributed by atoms with Crippen molar-refractivity contribution in [1.82, 2.24) is 0 Å². The van der Waals surface area contributed by atoms with E-state index in [9.17, 15) is 0 Å². The molecule has 2 aliphatic carbocycles. The molecule has 2 fully saturated rings. The van der Waals surface area contributed by atoms with Crippen molar-refractivity contribution in [3.63, 3.8) is 0 Å². The van der Waals surface area contributed by atoms with E-state index in [1.807, 2.05) is 0 Å². The molecule has 0 bridgehead atoms. The van der Waals surface area contributed by atoms with Gasteiger partial charge in [0.1, 0.15) is 0 Å². The van der Waals surface area contributed by atoms with Crippen LogP contribution in [-0.4, -0.2) is 0 Å². The summed E-state index contributed by atoms with van der Waals surface area (Å²) < 4.78 is 0. The molecule has 0 aromatic heterocycles. The maximum atomic E-state index is 9.02. The molecule has 0 aliphatic heterocycles. The van der Waals surface area contributed by atoms with E-state index in [1.165, 1.54) is 75.3 Å². The molecule has 2 aliphatic rings. The maximum absolute atomic E-state index is 9.02. The second kappa shape index (κ2) is 7.00. The fourth-order valence-electron chi connectivity index (χ4n) is 4.23. The average Bonchev–Trinajstić information content (AvgIpc) is 2.57. The van der Waals surface area contributed by atoms with Crippen molar-refractivity contribution in [3.05, 3.63) is 39.8 Å². The van der Waals surface area contributed by atoms with Crippen LogP contribution in [0, 0.1) is 0 Å². The van der Waals surface area contributed by atoms with Gasteiger partial charge in [0, 0.05) is 10.6 Å². The van der Waals surface area contributed by atoms with E-state index in [4.69, 9.17) is 5.53 Å². The Kier molecular flexibility index (Phi) is 4.82. The van der Waals surface area contributed by atoms with Crippen molar-refractivity contribution in [3.8, 4) is 0 Å². The number of nitrogens with zero attached hydrogens (tertiary/aromatic N) is 3. The van der Waals surface area contributed by atoms with E-state index >= 15 is 0 Å². The van der Waals surface area contributed by atoms with E-state index in [-0.39, 0.29) is 0 Å². The largest absolute Gasteiger partial charge is 0.0617 e. The van der Waals surface area contributed by atoms with Gasteiger partial charge in [-0.3, -0.25) is 0 Å². The lowest BCUT2D eigenvalue weighted by atomic mass is 9.78. The van der Waals surface area contributed by atoms with Crippen molar-refractivity contribution in [2.24, 2.45) is 5.11 Å². The summed E-state index contributed by atoms with van der Waals surface area (Å²) in [5, 5.41) is 4.14. The SMILES string of the molecule is [N-]=[N+]=Nc1c(C2CCCCC2)cccc1C1CCCCC1. The first-order chi connectivity index (χ1) is 10.4. The first kappa shape index (κ1) is 14.5. The first-order valence-corrected chi connectivity index (χ1v) is 8.58. The highest BCUT2D eigenvalue weighted by molar-refractivity contribution is 5.56. The highest BCUT2D eigenvalue weighted by Gasteiger charge is 2.23. The fourth-order valence-corrected chi connectivity index (χ4v) is 4.23. The third-order valence-corrected chi connectivity index (χ3v) is 5.33. The summed E-state index contributed by atoms with van der Waals surface area (Å²) >= 11 is 0. The zero-order valence-corrected chi connectivity index (χ0v) is 12.8. The van der Waals surface area contributed by atoms with Gasteiger partial charge in [-0.05, 0) is 54.2 Å². The Bertz CT molecular complexity index is 483. The van der Waals surface area contributed by atoms with Crippen LogP contribution in [0.15, 0.2) is 23.3 Å². The standard InChI is InChI=1S/C18H25N3/c19-21-20-18-16(14-8-3-1-4-9-14)12-7-13-17(18)15-10-5-2-6-11-15/h7,12-15H,1-6,8-11H2. The predicted molar refractivity (Wildman–Crippen MR) is 86.9 cm³/mol. The molecule has 0 atom stereocenters. The van der Waals surface area contributed by atoms with Gasteiger partial charge in [0.15, 0.2) is 0 Å². The van der Waals surface area contributed by atoms with Crippen molar-refractivity contribution >= 4 is 5.69 Å². The lowest BCUT2D eigenvalue weighted by Gasteiger charge is -2.28. The Morgan fingerprint density at radius 2 is 1.29 bits per heavy atom. The number of azide groups is 1. The zero-order valence-electron chi connectivity index (χ0n) is 12.8. The zero-order chi connectivity index (χ0) is 14.5. The molecule has 3 rings (SSSR count). The average molecular weight is 283 g/mol. The first-order valence-electron chi connectivity index (χ1n) is 8.58. The summed E-state index contributed by atoms with van der Waals surface area (Å²) in [4.78, 5) is 3.14. The molecule has 2 saturated carbocycles. The molecule has 1 aromatic rings. The number of rotatable bonds is 3. The molecule has 21 heavy (non-hydrogen) atoms. The van der Waals surface area contributed by atoms with Crippen LogP contribution in [0.25, 0.3) is 10.4 Å². The van der Waals surface area contributed by atoms with Gasteiger partial charge in [-0.25, -0.2) is 0 Å². The Morgan fingerprint density at radius 1 is 0.810 bits per heavy atom. The van der Waals surface area contributed by atoms with E-state index < -0.39 is 0 Å². The van der Waals surface area contributed by atoms with E-state index in [1.54, 1.807) is 0 Å². The molecule has 0 saturated heterocycles. The molecule has 0 spiro atoms. The van der Waals surface area contributed by atoms with Gasteiger partial charge in [-0.15, -0.1) is 0 Å². The van der Waals surface area contributed by atoms with Crippen LogP contribution in [0.4, 0.5) is 5.69 Å². The summed E-state index contributed by atoms with van der Waals surface area (Å²) in [6, 6.07) is 6.59. The molecular formula is C18H25N3. The fraction of sp³-hybridized carbons (Fsp3) is 0.667. The van der Waals surface area contributed by atoms with E-state index in [0.29, 0.717) is 11.8 Å². The Balaban J connectivity index is 1.97. The molecule has 112 valence electrons. The van der Waals surface area contributed by atoms with Crippen LogP contribution in [0.5, 0.6) is 0 Å². The minimum atomic E-state index is 0.600. The summed E-state index contributed by atoms with van der Waals surface area (Å²) in [6.07, 6.45) is 13.0. The number of benzene rings is 1. The normalized spacial score (nSPS) is 21.0. The van der Waals surface area contributed by atoms with Crippen LogP contribution in [0.1, 0.15) is 87.2 Å². The minimum Gasteiger partial charge on any atom is -0.0617 e. The molecule has 3 heteroatoms. The van der Waals surface area contributed by atoms with Crippen molar-refractivity contribution in [1.29, 1.82) is 0 Å². The lowest BCUT2D eigenvalue weighted by molar-refractivity contribution is 0.436. The Hall–Kier alpha value is -1.47. The molecule has 0 radical (unpaired) electrons. The quantitative estimate of drug-likeness (QED) is 0.335. The van der Waals surface area contributed by atoms with Crippen LogP contribution in [0.2, 0.25) is 0 Å². The third kappa shape index (κ3) is 3.24. The van der Waals surface area contributed by atoms with Gasteiger partial charge in [0.2, 0.25) is 0 Å². The third-order valence-electron chi connectivity index (χ3n) is 5.33.